The normalized spacial score (nSPS) is 14.3. The largest absolute Gasteiger partial charge is 0.448 e. The molecule has 12 aromatic rings. The number of carbonyl (C=O) groups is 7. The van der Waals surface area contributed by atoms with Gasteiger partial charge in [-0.15, -0.1) is 5.10 Å². The lowest BCUT2D eigenvalue weighted by Crippen LogP contribution is -2.44. The number of amides is 3. The molecule has 0 aliphatic carbocycles. The predicted octanol–water partition coefficient (Wildman–Crippen LogP) is 18.7. The number of rotatable bonds is 13. The smallest absolute Gasteiger partial charge is 0.435 e. The Balaban J connectivity index is 0.000000166. The zero-order chi connectivity index (χ0) is 101. The van der Waals surface area contributed by atoms with Crippen molar-refractivity contribution in [2.45, 2.75) is 230 Å². The number of aromatic nitrogens is 12. The zero-order valence-electron chi connectivity index (χ0n) is 79.6. The van der Waals surface area contributed by atoms with Crippen molar-refractivity contribution in [2.24, 2.45) is 0 Å². The molecule has 137 heavy (non-hydrogen) atoms. The molecule has 12 heterocycles. The topological polar surface area (TPSA) is 529 Å². The monoisotopic (exact) mass is 1920 g/mol. The average Bonchev–Trinajstić information content (AvgIpc) is 1.59. The Morgan fingerprint density at radius 3 is 1.13 bits per heavy atom. The summed E-state index contributed by atoms with van der Waals surface area (Å²) in [5.41, 5.74) is 11.8. The molecule has 0 bridgehead atoms. The van der Waals surface area contributed by atoms with E-state index in [0.717, 1.165) is 93.2 Å². The minimum atomic E-state index is -0.900. The number of fused-ring (bicyclic) bond motifs is 8. The molecule has 3 amide bonds. The summed E-state index contributed by atoms with van der Waals surface area (Å²) in [5.74, 6) is 0.215. The average molecular weight is 1930 g/mol. The highest BCUT2D eigenvalue weighted by Crippen LogP contribution is 2.46. The van der Waals surface area contributed by atoms with Crippen LogP contribution in [0.15, 0.2) is 122 Å². The van der Waals surface area contributed by atoms with Crippen molar-refractivity contribution < 1.29 is 81.7 Å². The third kappa shape index (κ3) is 22.9. The number of nitrogens with two attached hydrogens (primary N) is 1. The van der Waals surface area contributed by atoms with Gasteiger partial charge in [0.25, 0.3) is 22.7 Å². The first-order valence-corrected chi connectivity index (χ1v) is 44.1. The molecule has 16 rings (SSSR count). The summed E-state index contributed by atoms with van der Waals surface area (Å²) in [6, 6.07) is 25.5. The number of H-pyrrole nitrogens is 1. The number of non-ortho nitro benzene ring substituents is 4. The van der Waals surface area contributed by atoms with Gasteiger partial charge < -0.3 is 39.5 Å². The molecule has 0 unspecified atom stereocenters. The van der Waals surface area contributed by atoms with E-state index in [2.05, 4.69) is 62.3 Å². The van der Waals surface area contributed by atoms with Crippen molar-refractivity contribution >= 4 is 137 Å². The second kappa shape index (κ2) is 40.4. The summed E-state index contributed by atoms with van der Waals surface area (Å²) in [5, 5.41) is 74.0. The number of pyridine rings is 4. The number of nitro benzene ring substituents is 4. The molecular formula is C93H107Cl2N21O21. The van der Waals surface area contributed by atoms with E-state index < -0.39 is 89.1 Å². The van der Waals surface area contributed by atoms with E-state index in [1.807, 2.05) is 76.2 Å². The van der Waals surface area contributed by atoms with Crippen LogP contribution in [0.5, 0.6) is 0 Å². The number of nitrogens with one attached hydrogen (secondary N) is 2. The third-order valence-electron chi connectivity index (χ3n) is 22.3. The summed E-state index contributed by atoms with van der Waals surface area (Å²) in [6.07, 6.45) is 4.41. The van der Waals surface area contributed by atoms with Gasteiger partial charge >= 0.3 is 36.6 Å². The van der Waals surface area contributed by atoms with Gasteiger partial charge in [-0.1, -0.05) is 11.6 Å². The van der Waals surface area contributed by atoms with Gasteiger partial charge in [-0.05, 0) is 220 Å². The third-order valence-corrected chi connectivity index (χ3v) is 22.6. The number of nitrogen functional groups attached to an aromatic ring is 1. The second-order valence-electron chi connectivity index (χ2n) is 37.0. The standard InChI is InChI=1S/C25H29N5O6.C22H25N5O4.C20H21N5O4.C15H24N4O4.C9H5ClN2O2.C2H3ClO/c1-7-35-23(32)29-21-18(14-28(25(21,5)6)22(31)36-24(2,3)4)20(27-29)13-19-17-9-8-16(30(33)34)12-15(17)10-11-26-19;1-21(2,3)31-20(28)26-12-16-18(24-25-19(16)22(26,4)5)11-17-15-7-6-14(27(29)30)10-13(15)8-9-23-17;1-4-29-19(26)24-18-15(11-22-20(18,2)3)17(23-24)10-16-14-6-5-13(25(27)28)9-12(14)7-8-21-16;1-7-22-13(21)19-10-9(11(16)17-19)8-18(15(10,5)6)12(20)23-14(2,3)4;10-9-8-2-1-7(12(13)14)5-6(8)3-4-11-9;1-2(3)4/h8-12H,7,13-14H2,1-6H3;6-10H,11-12H2,1-5H3,(H,24,25);5-9,22H,4,10-11H2,1-3H3;7-8H2,1-6H3,(H2,16,17);1-5H;1H3. The highest BCUT2D eigenvalue weighted by molar-refractivity contribution is 6.62. The minimum absolute atomic E-state index is 0.0121. The van der Waals surface area contributed by atoms with Crippen molar-refractivity contribution in [1.82, 2.24) is 79.5 Å². The molecule has 724 valence electrons. The van der Waals surface area contributed by atoms with Gasteiger partial charge in [0.1, 0.15) is 22.0 Å². The number of hydrogen-bond donors (Lipinski definition) is 3. The number of anilines is 1. The van der Waals surface area contributed by atoms with Gasteiger partial charge in [-0.25, -0.2) is 33.8 Å². The van der Waals surface area contributed by atoms with Crippen LogP contribution in [0.3, 0.4) is 0 Å². The molecule has 4 N–H and O–H groups in total. The molecule has 44 heteroatoms. The summed E-state index contributed by atoms with van der Waals surface area (Å²) >= 11 is 10.4. The van der Waals surface area contributed by atoms with Crippen LogP contribution >= 0.6 is 23.2 Å². The summed E-state index contributed by atoms with van der Waals surface area (Å²) in [7, 11) is 0. The zero-order valence-corrected chi connectivity index (χ0v) is 81.1. The summed E-state index contributed by atoms with van der Waals surface area (Å²) < 4.78 is 35.8. The number of hydrogen-bond acceptors (Lipinski definition) is 31. The molecule has 0 fully saturated rings. The predicted molar refractivity (Wildman–Crippen MR) is 505 cm³/mol. The number of aromatic amines is 1. The minimum Gasteiger partial charge on any atom is -0.448 e. The van der Waals surface area contributed by atoms with Crippen LogP contribution in [0, 0.1) is 40.5 Å². The summed E-state index contributed by atoms with van der Waals surface area (Å²) in [6.45, 7) is 40.0. The number of carbonyl (C=O) groups excluding carboxylic acids is 7. The number of ether oxygens (including phenoxy) is 6. The first-order valence-electron chi connectivity index (χ1n) is 43.4. The van der Waals surface area contributed by atoms with E-state index in [-0.39, 0.29) is 79.2 Å². The maximum absolute atomic E-state index is 13.1. The van der Waals surface area contributed by atoms with E-state index in [1.165, 1.54) is 69.8 Å². The first-order chi connectivity index (χ1) is 64.0. The molecule has 8 aromatic heterocycles. The fraction of sp³-hybridized carbons (Fsp3) is 0.409. The van der Waals surface area contributed by atoms with Gasteiger partial charge in [-0.2, -0.15) is 29.3 Å². The number of nitrogens with zero attached hydrogens (tertiary/aromatic N) is 18. The second-order valence-corrected chi connectivity index (χ2v) is 37.9. The van der Waals surface area contributed by atoms with Crippen LogP contribution in [0.1, 0.15) is 225 Å². The maximum Gasteiger partial charge on any atom is 0.435 e. The Labute approximate surface area is 795 Å². The van der Waals surface area contributed by atoms with E-state index >= 15 is 0 Å². The van der Waals surface area contributed by atoms with E-state index in [9.17, 15) is 74.0 Å². The Morgan fingerprint density at radius 1 is 0.431 bits per heavy atom. The molecule has 0 saturated carbocycles. The van der Waals surface area contributed by atoms with Crippen molar-refractivity contribution in [3.8, 4) is 0 Å². The van der Waals surface area contributed by atoms with Crippen LogP contribution in [0.2, 0.25) is 5.15 Å². The molecule has 4 aliphatic rings. The quantitative estimate of drug-likeness (QED) is 0.0317. The number of benzene rings is 4. The van der Waals surface area contributed by atoms with Crippen molar-refractivity contribution in [2.75, 3.05) is 25.6 Å². The fourth-order valence-electron chi connectivity index (χ4n) is 16.2. The summed E-state index contributed by atoms with van der Waals surface area (Å²) in [4.78, 5) is 149. The number of halogens is 2. The van der Waals surface area contributed by atoms with Crippen LogP contribution in [0.4, 0.5) is 57.3 Å². The van der Waals surface area contributed by atoms with Gasteiger partial charge in [0.15, 0.2) is 5.82 Å². The Bertz CT molecular complexity index is 6750. The molecule has 0 atom stereocenters. The van der Waals surface area contributed by atoms with Gasteiger partial charge in [0, 0.05) is 156 Å². The molecule has 0 radical (unpaired) electrons. The van der Waals surface area contributed by atoms with Gasteiger partial charge in [0.2, 0.25) is 5.24 Å². The lowest BCUT2D eigenvalue weighted by atomic mass is 9.98. The van der Waals surface area contributed by atoms with Crippen LogP contribution in [-0.2, 0) is 101 Å². The van der Waals surface area contributed by atoms with Crippen molar-refractivity contribution in [3.05, 3.63) is 247 Å². The lowest BCUT2D eigenvalue weighted by Gasteiger charge is -2.34. The lowest BCUT2D eigenvalue weighted by molar-refractivity contribution is -0.384. The van der Waals surface area contributed by atoms with Crippen molar-refractivity contribution in [1.29, 1.82) is 0 Å². The van der Waals surface area contributed by atoms with Gasteiger partial charge in [-0.3, -0.25) is 80.0 Å². The fourth-order valence-corrected chi connectivity index (χ4v) is 16.4. The molecule has 42 nitrogen and oxygen atoms in total. The molecule has 0 spiro atoms. The first kappa shape index (κ1) is 103. The van der Waals surface area contributed by atoms with Crippen molar-refractivity contribution in [3.63, 3.8) is 0 Å². The SMILES string of the molecule is CC(=O)Cl.CC(C)(C)OC(=O)N1Cc2c(n[nH]c2Cc2nccc3cc([N+](=O)[O-])ccc23)C1(C)C.CCOC(=O)n1nc(Cc2nccc3cc([N+](=O)[O-])ccc23)c2c1C(C)(C)N(C(=O)OC(C)(C)C)C2.CCOC(=O)n1nc(Cc2nccc3cc([N+](=O)[O-])ccc23)c2c1C(C)(C)NC2.CCOC(=O)n1nc(N)c2c1C(C)(C)N(C(=O)OC(C)(C)C)C2.O=[N+]([O-])c1ccc2c(Cl)nccc2c1. The van der Waals surface area contributed by atoms with Crippen LogP contribution in [0.25, 0.3) is 43.1 Å². The molecule has 4 aliphatic heterocycles. The van der Waals surface area contributed by atoms with Crippen LogP contribution < -0.4 is 11.1 Å². The Kier molecular flexibility index (Phi) is 30.3. The Hall–Kier alpha value is -14.8. The molecule has 4 aromatic carbocycles. The van der Waals surface area contributed by atoms with E-state index in [0.29, 0.717) is 64.8 Å². The highest BCUT2D eigenvalue weighted by Gasteiger charge is 2.51. The Morgan fingerprint density at radius 2 is 0.752 bits per heavy atom. The van der Waals surface area contributed by atoms with E-state index in [1.54, 1.807) is 145 Å². The van der Waals surface area contributed by atoms with Gasteiger partial charge in [0.05, 0.1) is 133 Å². The molecular weight excluding hydrogens is 1820 g/mol. The maximum atomic E-state index is 13.1. The number of nitro groups is 4. The van der Waals surface area contributed by atoms with Crippen LogP contribution in [-0.4, -0.2) is 172 Å². The van der Waals surface area contributed by atoms with E-state index in [4.69, 9.17) is 45.8 Å². The highest BCUT2D eigenvalue weighted by atomic mass is 35.5. The molecule has 0 saturated heterocycles.